The molecule has 1 aliphatic rings. The van der Waals surface area contributed by atoms with Crippen molar-refractivity contribution in [2.75, 3.05) is 31.6 Å². The quantitative estimate of drug-likeness (QED) is 0.816. The number of thiophene rings is 1. The molecule has 0 unspecified atom stereocenters. The molecule has 0 aromatic carbocycles. The summed E-state index contributed by atoms with van der Waals surface area (Å²) in [7, 11) is 1.77. The zero-order valence-electron chi connectivity index (χ0n) is 16.1. The van der Waals surface area contributed by atoms with E-state index in [1.165, 1.54) is 10.4 Å². The second-order valence-corrected chi connectivity index (χ2v) is 8.38. The molecule has 27 heavy (non-hydrogen) atoms. The number of carbonyl (C=O) groups is 2. The Morgan fingerprint density at radius 2 is 2.00 bits per heavy atom. The number of anilines is 1. The molecule has 0 atom stereocenters. The summed E-state index contributed by atoms with van der Waals surface area (Å²) in [5, 5.41) is 9.86. The van der Waals surface area contributed by atoms with E-state index in [0.29, 0.717) is 13.0 Å². The van der Waals surface area contributed by atoms with Gasteiger partial charge < -0.3 is 14.9 Å². The number of fused-ring (bicyclic) bond motifs is 1. The number of rotatable bonds is 6. The topological polar surface area (TPSA) is 86.6 Å². The molecule has 0 bridgehead atoms. The lowest BCUT2D eigenvalue weighted by molar-refractivity contribution is -0.139. The molecule has 8 heteroatoms. The molecule has 1 amide bonds. The van der Waals surface area contributed by atoms with Crippen molar-refractivity contribution in [2.45, 2.75) is 39.5 Å². The third kappa shape index (κ3) is 4.21. The van der Waals surface area contributed by atoms with Crippen molar-refractivity contribution in [1.29, 1.82) is 0 Å². The average Bonchev–Trinajstić information content (AvgIpc) is 2.95. The molecule has 7 nitrogen and oxygen atoms in total. The first-order valence-electron chi connectivity index (χ1n) is 9.31. The fraction of sp³-hybridized carbons (Fsp3) is 0.579. The third-order valence-corrected chi connectivity index (χ3v) is 6.46. The lowest BCUT2D eigenvalue weighted by Gasteiger charge is -2.34. The Morgan fingerprint density at radius 1 is 1.30 bits per heavy atom. The summed E-state index contributed by atoms with van der Waals surface area (Å²) in [6.07, 6.45) is 3.79. The highest BCUT2D eigenvalue weighted by molar-refractivity contribution is 7.18. The van der Waals surface area contributed by atoms with E-state index in [1.807, 2.05) is 0 Å². The van der Waals surface area contributed by atoms with Crippen molar-refractivity contribution < 1.29 is 14.7 Å². The van der Waals surface area contributed by atoms with Gasteiger partial charge in [0.15, 0.2) is 0 Å². The van der Waals surface area contributed by atoms with Crippen LogP contribution in [0.1, 0.15) is 36.1 Å². The van der Waals surface area contributed by atoms with Crippen LogP contribution in [0.5, 0.6) is 0 Å². The molecule has 3 heterocycles. The number of carboxylic acid groups (broad SMARTS) is 1. The summed E-state index contributed by atoms with van der Waals surface area (Å²) in [6, 6.07) is 0. The number of carbonyl (C=O) groups excluding carboxylic acids is 1. The van der Waals surface area contributed by atoms with Crippen molar-refractivity contribution in [1.82, 2.24) is 14.9 Å². The van der Waals surface area contributed by atoms with Crippen molar-refractivity contribution in [2.24, 2.45) is 5.92 Å². The van der Waals surface area contributed by atoms with E-state index < -0.39 is 5.97 Å². The maximum Gasteiger partial charge on any atom is 0.303 e. The second kappa shape index (κ2) is 8.21. The minimum absolute atomic E-state index is 0.00119. The van der Waals surface area contributed by atoms with Crippen LogP contribution >= 0.6 is 11.3 Å². The minimum atomic E-state index is -0.820. The van der Waals surface area contributed by atoms with Gasteiger partial charge in [-0.25, -0.2) is 9.97 Å². The standard InChI is InChI=1S/C19H26N4O3S/c1-12-13(2)27-18-16(12)17(20-11-21-18)23-9-6-14(7-10-23)19(26)22(3)8-4-5-15(24)25/h11,14H,4-10H2,1-3H3,(H,24,25). The Hall–Kier alpha value is -2.22. The monoisotopic (exact) mass is 390 g/mol. The molecule has 2 aromatic heterocycles. The lowest BCUT2D eigenvalue weighted by atomic mass is 9.95. The molecule has 0 saturated carbocycles. The van der Waals surface area contributed by atoms with Crippen LogP contribution in [0.25, 0.3) is 10.2 Å². The Bertz CT molecular complexity index is 843. The van der Waals surface area contributed by atoms with E-state index in [-0.39, 0.29) is 18.2 Å². The van der Waals surface area contributed by atoms with Crippen molar-refractivity contribution in [3.8, 4) is 0 Å². The summed E-state index contributed by atoms with van der Waals surface area (Å²) in [6.45, 7) is 6.30. The zero-order chi connectivity index (χ0) is 19.6. The summed E-state index contributed by atoms with van der Waals surface area (Å²) < 4.78 is 0. The maximum atomic E-state index is 12.6. The van der Waals surface area contributed by atoms with Crippen LogP contribution in [0.15, 0.2) is 6.33 Å². The van der Waals surface area contributed by atoms with Gasteiger partial charge in [0.2, 0.25) is 5.91 Å². The fourth-order valence-corrected chi connectivity index (χ4v) is 4.62. The van der Waals surface area contributed by atoms with E-state index in [9.17, 15) is 9.59 Å². The van der Waals surface area contributed by atoms with E-state index in [2.05, 4.69) is 28.7 Å². The van der Waals surface area contributed by atoms with Crippen molar-refractivity contribution >= 4 is 39.2 Å². The molecule has 2 aromatic rings. The number of aromatic nitrogens is 2. The van der Waals surface area contributed by atoms with Crippen LogP contribution in [0.3, 0.4) is 0 Å². The molecule has 1 saturated heterocycles. The highest BCUT2D eigenvalue weighted by Crippen LogP contribution is 2.35. The van der Waals surface area contributed by atoms with Gasteiger partial charge in [-0.3, -0.25) is 9.59 Å². The van der Waals surface area contributed by atoms with Gasteiger partial charge in [-0.15, -0.1) is 11.3 Å². The van der Waals surface area contributed by atoms with Crippen molar-refractivity contribution in [3.05, 3.63) is 16.8 Å². The summed E-state index contributed by atoms with van der Waals surface area (Å²) in [5.74, 6) is 0.274. The molecular formula is C19H26N4O3S. The molecular weight excluding hydrogens is 364 g/mol. The Labute approximate surface area is 163 Å². The van der Waals surface area contributed by atoms with Gasteiger partial charge in [0.05, 0.1) is 5.39 Å². The van der Waals surface area contributed by atoms with E-state index in [0.717, 1.165) is 42.0 Å². The summed E-state index contributed by atoms with van der Waals surface area (Å²) >= 11 is 1.70. The first kappa shape index (κ1) is 19.5. The number of aliphatic carboxylic acids is 1. The van der Waals surface area contributed by atoms with Gasteiger partial charge >= 0.3 is 5.97 Å². The van der Waals surface area contributed by atoms with Crippen LogP contribution < -0.4 is 4.90 Å². The van der Waals surface area contributed by atoms with Crippen molar-refractivity contribution in [3.63, 3.8) is 0 Å². The minimum Gasteiger partial charge on any atom is -0.481 e. The molecule has 3 rings (SSSR count). The Balaban J connectivity index is 1.62. The number of hydrogen-bond donors (Lipinski definition) is 1. The molecule has 0 aliphatic carbocycles. The number of aryl methyl sites for hydroxylation is 2. The summed E-state index contributed by atoms with van der Waals surface area (Å²) in [5.41, 5.74) is 1.24. The molecule has 0 spiro atoms. The van der Waals surface area contributed by atoms with Crippen LogP contribution in [-0.4, -0.2) is 58.5 Å². The molecule has 1 N–H and O–H groups in total. The smallest absolute Gasteiger partial charge is 0.303 e. The largest absolute Gasteiger partial charge is 0.481 e. The number of amides is 1. The van der Waals surface area contributed by atoms with Crippen LogP contribution in [-0.2, 0) is 9.59 Å². The molecule has 146 valence electrons. The average molecular weight is 391 g/mol. The lowest BCUT2D eigenvalue weighted by Crippen LogP contribution is -2.42. The van der Waals surface area contributed by atoms with E-state index in [4.69, 9.17) is 5.11 Å². The zero-order valence-corrected chi connectivity index (χ0v) is 16.9. The number of piperidine rings is 1. The first-order chi connectivity index (χ1) is 12.9. The Morgan fingerprint density at radius 3 is 2.67 bits per heavy atom. The van der Waals surface area contributed by atoms with E-state index >= 15 is 0 Å². The van der Waals surface area contributed by atoms with Crippen LogP contribution in [0.2, 0.25) is 0 Å². The summed E-state index contributed by atoms with van der Waals surface area (Å²) in [4.78, 5) is 38.4. The normalized spacial score (nSPS) is 15.3. The van der Waals surface area contributed by atoms with Gasteiger partial charge in [-0.2, -0.15) is 0 Å². The third-order valence-electron chi connectivity index (χ3n) is 5.35. The van der Waals surface area contributed by atoms with Gasteiger partial charge in [-0.1, -0.05) is 0 Å². The molecule has 1 fully saturated rings. The van der Waals surface area contributed by atoms with E-state index in [1.54, 1.807) is 29.6 Å². The van der Waals surface area contributed by atoms with Gasteiger partial charge in [0.1, 0.15) is 17.0 Å². The fourth-order valence-electron chi connectivity index (χ4n) is 3.63. The second-order valence-electron chi connectivity index (χ2n) is 7.18. The molecule has 1 aliphatic heterocycles. The van der Waals surface area contributed by atoms with Crippen LogP contribution in [0, 0.1) is 19.8 Å². The van der Waals surface area contributed by atoms with Crippen LogP contribution in [0.4, 0.5) is 5.82 Å². The van der Waals surface area contributed by atoms with Gasteiger partial charge in [0, 0.05) is 43.9 Å². The predicted molar refractivity (Wildman–Crippen MR) is 106 cm³/mol. The Kier molecular flexibility index (Phi) is 5.94. The maximum absolute atomic E-state index is 12.6. The predicted octanol–water partition coefficient (Wildman–Crippen LogP) is 2.85. The number of nitrogens with zero attached hydrogens (tertiary/aromatic N) is 4. The van der Waals surface area contributed by atoms with Gasteiger partial charge in [0.25, 0.3) is 0 Å². The number of hydrogen-bond acceptors (Lipinski definition) is 6. The van der Waals surface area contributed by atoms with Gasteiger partial charge in [-0.05, 0) is 38.7 Å². The highest BCUT2D eigenvalue weighted by atomic mass is 32.1. The highest BCUT2D eigenvalue weighted by Gasteiger charge is 2.29. The molecule has 0 radical (unpaired) electrons. The first-order valence-corrected chi connectivity index (χ1v) is 10.1. The number of carboxylic acids is 1. The SMILES string of the molecule is Cc1sc2ncnc(N3CCC(C(=O)N(C)CCCC(=O)O)CC3)c2c1C.